The van der Waals surface area contributed by atoms with Gasteiger partial charge in [-0.15, -0.1) is 11.3 Å². The third-order valence-corrected chi connectivity index (χ3v) is 3.17. The van der Waals surface area contributed by atoms with E-state index in [1.807, 2.05) is 19.1 Å². The first-order chi connectivity index (χ1) is 9.70. The molecule has 0 aliphatic rings. The van der Waals surface area contributed by atoms with Gasteiger partial charge in [-0.25, -0.2) is 9.78 Å². The average molecular weight is 289 g/mol. The molecule has 0 unspecified atom stereocenters. The van der Waals surface area contributed by atoms with Crippen molar-refractivity contribution < 1.29 is 9.21 Å². The largest absolute Gasteiger partial charge is 0.460 e. The molecule has 3 aromatic heterocycles. The molecule has 0 saturated carbocycles. The Morgan fingerprint density at radius 2 is 2.30 bits per heavy atom. The maximum absolute atomic E-state index is 11.7. The number of hydrogen-bond acceptors (Lipinski definition) is 5. The molecule has 3 N–H and O–H groups in total. The lowest BCUT2D eigenvalue weighted by Gasteiger charge is -2.00. The summed E-state index contributed by atoms with van der Waals surface area (Å²) < 4.78 is 5.47. The smallest absolute Gasteiger partial charge is 0.326 e. The van der Waals surface area contributed by atoms with Crippen LogP contribution in [0.15, 0.2) is 34.2 Å². The molecule has 0 atom stereocenters. The normalized spacial score (nSPS) is 10.4. The number of furan rings is 1. The van der Waals surface area contributed by atoms with Crippen LogP contribution in [0.1, 0.15) is 5.76 Å². The first-order valence-electron chi connectivity index (χ1n) is 5.80. The molecule has 0 aliphatic carbocycles. The van der Waals surface area contributed by atoms with Crippen molar-refractivity contribution in [3.8, 4) is 11.5 Å². The van der Waals surface area contributed by atoms with Gasteiger partial charge in [0.2, 0.25) is 0 Å². The van der Waals surface area contributed by atoms with Crippen LogP contribution in [-0.4, -0.2) is 21.2 Å². The Morgan fingerprint density at radius 1 is 1.40 bits per heavy atom. The van der Waals surface area contributed by atoms with E-state index < -0.39 is 6.03 Å². The molecule has 2 amide bonds. The van der Waals surface area contributed by atoms with E-state index in [4.69, 9.17) is 4.42 Å². The highest BCUT2D eigenvalue weighted by Crippen LogP contribution is 2.22. The Kier molecular flexibility index (Phi) is 3.21. The highest BCUT2D eigenvalue weighted by atomic mass is 32.1. The van der Waals surface area contributed by atoms with E-state index in [1.54, 1.807) is 17.6 Å². The summed E-state index contributed by atoms with van der Waals surface area (Å²) in [5.74, 6) is 1.89. The van der Waals surface area contributed by atoms with E-state index in [-0.39, 0.29) is 0 Å². The Labute approximate surface area is 118 Å². The number of aromatic amines is 1. The molecule has 3 rings (SSSR count). The molecule has 0 fully saturated rings. The number of amides is 2. The van der Waals surface area contributed by atoms with Gasteiger partial charge in [0, 0.05) is 17.6 Å². The fourth-order valence-corrected chi connectivity index (χ4v) is 2.15. The predicted molar refractivity (Wildman–Crippen MR) is 75.8 cm³/mol. The van der Waals surface area contributed by atoms with Crippen LogP contribution in [0.4, 0.5) is 15.7 Å². The van der Waals surface area contributed by atoms with E-state index in [9.17, 15) is 4.79 Å². The van der Waals surface area contributed by atoms with E-state index in [0.717, 1.165) is 5.76 Å². The minimum absolute atomic E-state index is 0.395. The van der Waals surface area contributed by atoms with Gasteiger partial charge in [0.15, 0.2) is 16.7 Å². The van der Waals surface area contributed by atoms with Crippen molar-refractivity contribution in [3.05, 3.63) is 35.5 Å². The van der Waals surface area contributed by atoms with Crippen molar-refractivity contribution in [2.24, 2.45) is 0 Å². The zero-order valence-electron chi connectivity index (χ0n) is 10.5. The van der Waals surface area contributed by atoms with Crippen LogP contribution < -0.4 is 10.6 Å². The van der Waals surface area contributed by atoms with Crippen molar-refractivity contribution in [2.45, 2.75) is 6.92 Å². The van der Waals surface area contributed by atoms with E-state index in [0.29, 0.717) is 22.4 Å². The first-order valence-corrected chi connectivity index (χ1v) is 6.68. The van der Waals surface area contributed by atoms with E-state index >= 15 is 0 Å². The topological polar surface area (TPSA) is 95.8 Å². The van der Waals surface area contributed by atoms with E-state index in [1.165, 1.54) is 11.3 Å². The number of thiazole rings is 1. The van der Waals surface area contributed by atoms with Crippen molar-refractivity contribution >= 4 is 28.3 Å². The number of nitrogens with zero attached hydrogens (tertiary/aromatic N) is 2. The number of carbonyl (C=O) groups excluding carboxylic acids is 1. The lowest BCUT2D eigenvalue weighted by molar-refractivity contribution is 0.262. The second kappa shape index (κ2) is 5.17. The van der Waals surface area contributed by atoms with Gasteiger partial charge in [-0.2, -0.15) is 5.10 Å². The van der Waals surface area contributed by atoms with Gasteiger partial charge in [-0.3, -0.25) is 15.7 Å². The number of carbonyl (C=O) groups is 1. The number of aromatic nitrogens is 3. The lowest BCUT2D eigenvalue weighted by atomic mass is 10.3. The highest BCUT2D eigenvalue weighted by molar-refractivity contribution is 7.13. The van der Waals surface area contributed by atoms with Crippen LogP contribution >= 0.6 is 11.3 Å². The van der Waals surface area contributed by atoms with Gasteiger partial charge in [-0.1, -0.05) is 0 Å². The number of urea groups is 1. The van der Waals surface area contributed by atoms with Crippen LogP contribution in [0.5, 0.6) is 0 Å². The fraction of sp³-hybridized carbons (Fsp3) is 0.0833. The second-order valence-corrected chi connectivity index (χ2v) is 4.89. The second-order valence-electron chi connectivity index (χ2n) is 3.99. The standard InChI is InChI=1S/C12H11N5O2S/c1-7-2-3-9(19-7)8-6-10(17-16-8)14-11(18)15-12-13-4-5-20-12/h2-6H,1H3,(H3,13,14,15,16,17,18). The van der Waals surface area contributed by atoms with Gasteiger partial charge < -0.3 is 4.42 Å². The monoisotopic (exact) mass is 289 g/mol. The lowest BCUT2D eigenvalue weighted by Crippen LogP contribution is -2.19. The quantitative estimate of drug-likeness (QED) is 0.690. The Hall–Kier alpha value is -2.61. The molecule has 0 bridgehead atoms. The van der Waals surface area contributed by atoms with Crippen LogP contribution in [0.25, 0.3) is 11.5 Å². The molecule has 0 saturated heterocycles. The van der Waals surface area contributed by atoms with Gasteiger partial charge in [-0.05, 0) is 19.1 Å². The minimum Gasteiger partial charge on any atom is -0.460 e. The average Bonchev–Trinajstić information content (AvgIpc) is 3.10. The Morgan fingerprint density at radius 3 is 3.00 bits per heavy atom. The van der Waals surface area contributed by atoms with Crippen LogP contribution in [0, 0.1) is 6.92 Å². The molecular weight excluding hydrogens is 278 g/mol. The van der Waals surface area contributed by atoms with Gasteiger partial charge in [0.05, 0.1) is 0 Å². The van der Waals surface area contributed by atoms with Gasteiger partial charge in [0.1, 0.15) is 11.5 Å². The molecule has 20 heavy (non-hydrogen) atoms. The molecular formula is C12H11N5O2S. The van der Waals surface area contributed by atoms with Crippen LogP contribution in [-0.2, 0) is 0 Å². The summed E-state index contributed by atoms with van der Waals surface area (Å²) >= 11 is 1.34. The zero-order valence-corrected chi connectivity index (χ0v) is 11.3. The third kappa shape index (κ3) is 2.69. The molecule has 0 aromatic carbocycles. The van der Waals surface area contributed by atoms with Crippen LogP contribution in [0.2, 0.25) is 0 Å². The van der Waals surface area contributed by atoms with Crippen molar-refractivity contribution in [3.63, 3.8) is 0 Å². The number of anilines is 2. The molecule has 0 radical (unpaired) electrons. The summed E-state index contributed by atoms with van der Waals surface area (Å²) in [4.78, 5) is 15.7. The zero-order chi connectivity index (χ0) is 13.9. The van der Waals surface area contributed by atoms with Crippen molar-refractivity contribution in [1.29, 1.82) is 0 Å². The molecule has 3 heterocycles. The number of aryl methyl sites for hydroxylation is 1. The number of H-pyrrole nitrogens is 1. The molecule has 3 aromatic rings. The predicted octanol–water partition coefficient (Wildman–Crippen LogP) is 3.08. The molecule has 0 aliphatic heterocycles. The third-order valence-electron chi connectivity index (χ3n) is 2.48. The SMILES string of the molecule is Cc1ccc(-c2cc(NC(=O)Nc3nccs3)n[nH]2)o1. The number of nitrogens with one attached hydrogen (secondary N) is 3. The number of rotatable bonds is 3. The summed E-state index contributed by atoms with van der Waals surface area (Å²) in [7, 11) is 0. The Bertz CT molecular complexity index is 716. The van der Waals surface area contributed by atoms with Gasteiger partial charge in [0.25, 0.3) is 0 Å². The van der Waals surface area contributed by atoms with Crippen molar-refractivity contribution in [2.75, 3.05) is 10.6 Å². The maximum atomic E-state index is 11.7. The van der Waals surface area contributed by atoms with E-state index in [2.05, 4.69) is 25.8 Å². The molecule has 0 spiro atoms. The molecule has 102 valence electrons. The summed E-state index contributed by atoms with van der Waals surface area (Å²) in [6, 6.07) is 4.99. The Balaban J connectivity index is 1.66. The van der Waals surface area contributed by atoms with Gasteiger partial charge >= 0.3 is 6.03 Å². The summed E-state index contributed by atoms with van der Waals surface area (Å²) in [5, 5.41) is 14.3. The van der Waals surface area contributed by atoms with Crippen LogP contribution in [0.3, 0.4) is 0 Å². The summed E-state index contributed by atoms with van der Waals surface area (Å²) in [6.07, 6.45) is 1.62. The minimum atomic E-state index is -0.395. The highest BCUT2D eigenvalue weighted by Gasteiger charge is 2.10. The number of hydrogen-bond donors (Lipinski definition) is 3. The molecule has 7 nitrogen and oxygen atoms in total. The van der Waals surface area contributed by atoms with Crippen molar-refractivity contribution in [1.82, 2.24) is 15.2 Å². The maximum Gasteiger partial charge on any atom is 0.326 e. The fourth-order valence-electron chi connectivity index (χ4n) is 1.62. The molecule has 8 heteroatoms. The summed E-state index contributed by atoms with van der Waals surface area (Å²) in [5.41, 5.74) is 0.697. The summed E-state index contributed by atoms with van der Waals surface area (Å²) in [6.45, 7) is 1.86. The first kappa shape index (κ1) is 12.4.